The van der Waals surface area contributed by atoms with Crippen LogP contribution < -0.4 is 21.1 Å². The Morgan fingerprint density at radius 1 is 1.23 bits per heavy atom. The van der Waals surface area contributed by atoms with Crippen LogP contribution >= 0.6 is 15.9 Å². The molecular formula is C28H31BrN6O4. The van der Waals surface area contributed by atoms with E-state index in [0.29, 0.717) is 17.1 Å². The number of halogens is 1. The molecule has 2 aromatic heterocycles. The molecule has 1 saturated heterocycles. The lowest BCUT2D eigenvalue weighted by atomic mass is 10.0. The van der Waals surface area contributed by atoms with Crippen LogP contribution in [-0.4, -0.2) is 63.4 Å². The summed E-state index contributed by atoms with van der Waals surface area (Å²) >= 11 is 3.43. The smallest absolute Gasteiger partial charge is 0.261 e. The number of H-pyrrole nitrogens is 2. The average molecular weight is 595 g/mol. The normalized spacial score (nSPS) is 14.9. The number of pyridine rings is 1. The number of rotatable bonds is 8. The Labute approximate surface area is 233 Å². The summed E-state index contributed by atoms with van der Waals surface area (Å²) in [5.41, 5.74) is 5.03. The lowest BCUT2D eigenvalue weighted by Gasteiger charge is -2.34. The molecule has 1 fully saturated rings. The van der Waals surface area contributed by atoms with E-state index in [9.17, 15) is 14.7 Å². The van der Waals surface area contributed by atoms with Gasteiger partial charge in [-0.2, -0.15) is 0 Å². The van der Waals surface area contributed by atoms with Gasteiger partial charge in [0, 0.05) is 42.0 Å². The van der Waals surface area contributed by atoms with E-state index in [1.807, 2.05) is 37.3 Å². The van der Waals surface area contributed by atoms with Gasteiger partial charge in [0.25, 0.3) is 5.56 Å². The number of carbonyl (C=O) groups is 1. The van der Waals surface area contributed by atoms with Crippen LogP contribution in [0.25, 0.3) is 22.4 Å². The van der Waals surface area contributed by atoms with E-state index in [1.165, 1.54) is 0 Å². The number of hydrogen-bond donors (Lipinski definition) is 6. The Bertz CT molecular complexity index is 1540. The molecular weight excluding hydrogens is 564 g/mol. The maximum Gasteiger partial charge on any atom is 0.261 e. The molecule has 0 spiro atoms. The number of aliphatic hydroxyl groups excluding tert-OH is 2. The molecule has 39 heavy (non-hydrogen) atoms. The molecule has 11 heteroatoms. The summed E-state index contributed by atoms with van der Waals surface area (Å²) in [6, 6.07) is 13.4. The molecule has 6 N–H and O–H groups in total. The summed E-state index contributed by atoms with van der Waals surface area (Å²) in [5, 5.41) is 25.7. The number of amides is 1. The molecule has 1 amide bonds. The van der Waals surface area contributed by atoms with Crippen LogP contribution in [0.1, 0.15) is 30.1 Å². The van der Waals surface area contributed by atoms with E-state index in [2.05, 4.69) is 47.5 Å². The molecule has 5 rings (SSSR count). The number of aromatic nitrogens is 3. The molecule has 1 aliphatic heterocycles. The fourth-order valence-electron chi connectivity index (χ4n) is 5.03. The highest BCUT2D eigenvalue weighted by Crippen LogP contribution is 2.30. The molecule has 4 aromatic rings. The second-order valence-corrected chi connectivity index (χ2v) is 10.7. The summed E-state index contributed by atoms with van der Waals surface area (Å²) in [7, 11) is 0. The molecule has 0 bridgehead atoms. The highest BCUT2D eigenvalue weighted by Gasteiger charge is 2.22. The number of nitrogens with one attached hydrogen (secondary N) is 4. The second-order valence-electron chi connectivity index (χ2n) is 9.78. The van der Waals surface area contributed by atoms with Gasteiger partial charge in [0.05, 0.1) is 22.8 Å². The zero-order valence-electron chi connectivity index (χ0n) is 21.5. The van der Waals surface area contributed by atoms with Gasteiger partial charge in [-0.3, -0.25) is 9.59 Å². The van der Waals surface area contributed by atoms with E-state index >= 15 is 0 Å². The van der Waals surface area contributed by atoms with E-state index in [-0.39, 0.29) is 24.1 Å². The Morgan fingerprint density at radius 3 is 2.77 bits per heavy atom. The van der Waals surface area contributed by atoms with Gasteiger partial charge in [0.1, 0.15) is 18.0 Å². The third-order valence-corrected chi connectivity index (χ3v) is 7.54. The standard InChI is InChI=1S/C28H31BrN6O4/c1-16-11-20(35-9-6-19(7-10-35)32-24(38)15-36)13-22-26(16)34-27(33-22)25-21(5-8-30-28(25)39)31-14-23(37)17-3-2-4-18(29)12-17/h2-5,8,11-13,19,23,36-37H,6-7,9-10,14-15H2,1H3,(H,32,38)(H,33,34)(H2,30,31,39). The monoisotopic (exact) mass is 594 g/mol. The van der Waals surface area contributed by atoms with E-state index in [0.717, 1.165) is 58.3 Å². The maximum absolute atomic E-state index is 12.9. The fourth-order valence-corrected chi connectivity index (χ4v) is 5.44. The van der Waals surface area contributed by atoms with Crippen LogP contribution in [0.15, 0.2) is 57.9 Å². The van der Waals surface area contributed by atoms with Crippen LogP contribution in [0.3, 0.4) is 0 Å². The first-order valence-corrected chi connectivity index (χ1v) is 13.7. The van der Waals surface area contributed by atoms with Crippen molar-refractivity contribution in [2.24, 2.45) is 0 Å². The molecule has 1 atom stereocenters. The lowest BCUT2D eigenvalue weighted by Crippen LogP contribution is -2.45. The third kappa shape index (κ3) is 6.00. The number of aliphatic hydroxyl groups is 2. The van der Waals surface area contributed by atoms with Crippen LogP contribution in [-0.2, 0) is 4.79 Å². The number of nitrogens with zero attached hydrogens (tertiary/aromatic N) is 2. The van der Waals surface area contributed by atoms with Crippen molar-refractivity contribution < 1.29 is 15.0 Å². The molecule has 1 aliphatic rings. The third-order valence-electron chi connectivity index (χ3n) is 7.05. The number of hydrogen-bond acceptors (Lipinski definition) is 7. The first-order chi connectivity index (χ1) is 18.8. The van der Waals surface area contributed by atoms with Gasteiger partial charge >= 0.3 is 0 Å². The number of benzene rings is 2. The molecule has 0 radical (unpaired) electrons. The van der Waals surface area contributed by atoms with Crippen LogP contribution in [0.2, 0.25) is 0 Å². The van der Waals surface area contributed by atoms with Gasteiger partial charge in [-0.1, -0.05) is 28.1 Å². The topological polar surface area (TPSA) is 146 Å². The van der Waals surface area contributed by atoms with E-state index < -0.39 is 12.7 Å². The minimum atomic E-state index is -0.767. The Hall–Kier alpha value is -3.67. The number of piperidine rings is 1. The Kier molecular flexibility index (Phi) is 8.01. The first-order valence-electron chi connectivity index (χ1n) is 12.9. The van der Waals surface area contributed by atoms with Crippen LogP contribution in [0, 0.1) is 6.92 Å². The lowest BCUT2D eigenvalue weighted by molar-refractivity contribution is -0.124. The Balaban J connectivity index is 1.37. The van der Waals surface area contributed by atoms with Crippen molar-refractivity contribution in [2.75, 3.05) is 36.5 Å². The molecule has 0 saturated carbocycles. The van der Waals surface area contributed by atoms with E-state index in [1.54, 1.807) is 12.3 Å². The number of carbonyl (C=O) groups excluding carboxylic acids is 1. The quantitative estimate of drug-likeness (QED) is 0.183. The Morgan fingerprint density at radius 2 is 2.03 bits per heavy atom. The number of anilines is 2. The zero-order chi connectivity index (χ0) is 27.5. The molecule has 3 heterocycles. The number of aromatic amines is 2. The van der Waals surface area contributed by atoms with Gasteiger partial charge in [-0.05, 0) is 61.2 Å². The SMILES string of the molecule is Cc1cc(N2CCC(NC(=O)CO)CC2)cc2[nH]c(-c3c(NCC(O)c4cccc(Br)c4)cc[nH]c3=O)nc12. The van der Waals surface area contributed by atoms with Crippen LogP contribution in [0.4, 0.5) is 11.4 Å². The van der Waals surface area contributed by atoms with Crippen molar-refractivity contribution in [3.05, 3.63) is 74.6 Å². The summed E-state index contributed by atoms with van der Waals surface area (Å²) in [6.45, 7) is 3.26. The van der Waals surface area contributed by atoms with Crippen molar-refractivity contribution >= 4 is 44.2 Å². The summed E-state index contributed by atoms with van der Waals surface area (Å²) in [6.07, 6.45) is 2.38. The van der Waals surface area contributed by atoms with Crippen molar-refractivity contribution in [3.8, 4) is 11.4 Å². The summed E-state index contributed by atoms with van der Waals surface area (Å²) < 4.78 is 0.880. The molecule has 10 nitrogen and oxygen atoms in total. The number of aryl methyl sites for hydroxylation is 1. The average Bonchev–Trinajstić information content (AvgIpc) is 3.36. The maximum atomic E-state index is 12.9. The van der Waals surface area contributed by atoms with Crippen molar-refractivity contribution in [3.63, 3.8) is 0 Å². The summed E-state index contributed by atoms with van der Waals surface area (Å²) in [5.74, 6) is 0.0973. The zero-order valence-corrected chi connectivity index (χ0v) is 23.1. The fraction of sp³-hybridized carbons (Fsp3) is 0.321. The van der Waals surface area contributed by atoms with Crippen molar-refractivity contribution in [1.82, 2.24) is 20.3 Å². The number of imidazole rings is 1. The van der Waals surface area contributed by atoms with Gasteiger partial charge < -0.3 is 35.7 Å². The second kappa shape index (κ2) is 11.6. The van der Waals surface area contributed by atoms with Crippen LogP contribution in [0.5, 0.6) is 0 Å². The summed E-state index contributed by atoms with van der Waals surface area (Å²) in [4.78, 5) is 37.5. The molecule has 1 unspecified atom stereocenters. The predicted molar refractivity (Wildman–Crippen MR) is 155 cm³/mol. The van der Waals surface area contributed by atoms with Crippen molar-refractivity contribution in [1.29, 1.82) is 0 Å². The van der Waals surface area contributed by atoms with Gasteiger partial charge in [0.15, 0.2) is 0 Å². The van der Waals surface area contributed by atoms with Gasteiger partial charge in [-0.15, -0.1) is 0 Å². The minimum absolute atomic E-state index is 0.0575. The highest BCUT2D eigenvalue weighted by atomic mass is 79.9. The van der Waals surface area contributed by atoms with Crippen molar-refractivity contribution in [2.45, 2.75) is 31.9 Å². The highest BCUT2D eigenvalue weighted by molar-refractivity contribution is 9.10. The largest absolute Gasteiger partial charge is 0.387 e. The first kappa shape index (κ1) is 26.9. The predicted octanol–water partition coefficient (Wildman–Crippen LogP) is 3.21. The van der Waals surface area contributed by atoms with E-state index in [4.69, 9.17) is 10.1 Å². The minimum Gasteiger partial charge on any atom is -0.387 e. The molecule has 2 aromatic carbocycles. The molecule has 0 aliphatic carbocycles. The molecule has 204 valence electrons. The van der Waals surface area contributed by atoms with Gasteiger partial charge in [0.2, 0.25) is 5.91 Å². The number of fused-ring (bicyclic) bond motifs is 1. The van der Waals surface area contributed by atoms with Gasteiger partial charge in [-0.25, -0.2) is 4.98 Å².